The van der Waals surface area contributed by atoms with Gasteiger partial charge in [-0.15, -0.1) is 0 Å². The van der Waals surface area contributed by atoms with E-state index >= 15 is 0 Å². The summed E-state index contributed by atoms with van der Waals surface area (Å²) in [7, 11) is 0. The second-order valence-electron chi connectivity index (χ2n) is 4.37. The number of nitrogens with zero attached hydrogens (tertiary/aromatic N) is 1. The Kier molecular flexibility index (Phi) is 6.92. The summed E-state index contributed by atoms with van der Waals surface area (Å²) >= 11 is 0. The lowest BCUT2D eigenvalue weighted by Gasteiger charge is -2.21. The topological polar surface area (TPSA) is 72.8 Å². The van der Waals surface area contributed by atoms with E-state index in [-0.39, 0.29) is 16.5 Å². The molecule has 0 amide bonds. The number of anilines is 1. The SMILES string of the molecule is CCCCCCCOC(=O)c1cccc(N([O-])O)c1. The number of ether oxygens (including phenoxy) is 1. The van der Waals surface area contributed by atoms with Crippen LogP contribution in [-0.2, 0) is 4.74 Å². The van der Waals surface area contributed by atoms with E-state index in [9.17, 15) is 10.0 Å². The molecule has 0 aromatic heterocycles. The molecule has 1 N–H and O–H groups in total. The zero-order chi connectivity index (χ0) is 14.1. The van der Waals surface area contributed by atoms with Crippen molar-refractivity contribution in [2.75, 3.05) is 11.8 Å². The molecule has 0 atom stereocenters. The molecule has 1 aromatic rings. The zero-order valence-corrected chi connectivity index (χ0v) is 11.2. The molecule has 0 heterocycles. The Morgan fingerprint density at radius 1 is 1.32 bits per heavy atom. The van der Waals surface area contributed by atoms with Crippen LogP contribution in [0, 0.1) is 5.21 Å². The average Bonchev–Trinajstić information content (AvgIpc) is 2.42. The van der Waals surface area contributed by atoms with Crippen molar-refractivity contribution in [3.8, 4) is 0 Å². The predicted octanol–water partition coefficient (Wildman–Crippen LogP) is 3.51. The smallest absolute Gasteiger partial charge is 0.338 e. The highest BCUT2D eigenvalue weighted by Gasteiger charge is 2.07. The number of unbranched alkanes of at least 4 members (excludes halogenated alkanes) is 4. The van der Waals surface area contributed by atoms with Crippen LogP contribution < -0.4 is 5.23 Å². The minimum atomic E-state index is -0.473. The average molecular weight is 266 g/mol. The van der Waals surface area contributed by atoms with Gasteiger partial charge in [0.25, 0.3) is 0 Å². The molecule has 5 nitrogen and oxygen atoms in total. The Balaban J connectivity index is 2.35. The van der Waals surface area contributed by atoms with Gasteiger partial charge >= 0.3 is 5.97 Å². The number of benzene rings is 1. The highest BCUT2D eigenvalue weighted by atomic mass is 16.8. The molecule has 0 fully saturated rings. The van der Waals surface area contributed by atoms with E-state index in [2.05, 4.69) is 6.92 Å². The maximum absolute atomic E-state index is 11.7. The van der Waals surface area contributed by atoms with Crippen molar-refractivity contribution in [2.24, 2.45) is 0 Å². The van der Waals surface area contributed by atoms with Crippen molar-refractivity contribution in [3.63, 3.8) is 0 Å². The van der Waals surface area contributed by atoms with E-state index in [0.29, 0.717) is 6.61 Å². The Morgan fingerprint density at radius 2 is 2.05 bits per heavy atom. The zero-order valence-electron chi connectivity index (χ0n) is 11.2. The first kappa shape index (κ1) is 15.5. The first-order valence-corrected chi connectivity index (χ1v) is 6.58. The summed E-state index contributed by atoms with van der Waals surface area (Å²) in [5, 5.41) is 19.2. The summed E-state index contributed by atoms with van der Waals surface area (Å²) in [6, 6.07) is 5.78. The number of rotatable bonds is 8. The number of hydrogen-bond acceptors (Lipinski definition) is 5. The summed E-state index contributed by atoms with van der Waals surface area (Å²) < 4.78 is 5.10. The normalized spacial score (nSPS) is 10.3. The largest absolute Gasteiger partial charge is 0.733 e. The van der Waals surface area contributed by atoms with Crippen molar-refractivity contribution in [3.05, 3.63) is 35.0 Å². The van der Waals surface area contributed by atoms with E-state index in [1.807, 2.05) is 0 Å². The Morgan fingerprint density at radius 3 is 2.74 bits per heavy atom. The van der Waals surface area contributed by atoms with Gasteiger partial charge in [-0.2, -0.15) is 0 Å². The van der Waals surface area contributed by atoms with Crippen LogP contribution in [0.2, 0.25) is 0 Å². The van der Waals surface area contributed by atoms with E-state index in [4.69, 9.17) is 9.94 Å². The molecule has 106 valence electrons. The van der Waals surface area contributed by atoms with Crippen molar-refractivity contribution >= 4 is 11.7 Å². The summed E-state index contributed by atoms with van der Waals surface area (Å²) in [6.07, 6.45) is 5.43. The summed E-state index contributed by atoms with van der Waals surface area (Å²) in [5.41, 5.74) is 0.276. The summed E-state index contributed by atoms with van der Waals surface area (Å²) in [6.45, 7) is 2.53. The predicted molar refractivity (Wildman–Crippen MR) is 73.1 cm³/mol. The van der Waals surface area contributed by atoms with E-state index in [1.54, 1.807) is 6.07 Å². The minimum absolute atomic E-state index is 0.0115. The van der Waals surface area contributed by atoms with Gasteiger partial charge in [-0.3, -0.25) is 5.21 Å². The molecule has 0 aliphatic heterocycles. The first-order chi connectivity index (χ1) is 9.15. The van der Waals surface area contributed by atoms with Gasteiger partial charge in [0.2, 0.25) is 0 Å². The number of esters is 1. The first-order valence-electron chi connectivity index (χ1n) is 6.58. The molecule has 5 heteroatoms. The van der Waals surface area contributed by atoms with Crippen LogP contribution in [0.1, 0.15) is 49.4 Å². The molecule has 1 rings (SSSR count). The van der Waals surface area contributed by atoms with Crippen molar-refractivity contribution < 1.29 is 14.7 Å². The standard InChI is InChI=1S/C14H20NO4/c1-2-3-4-5-6-10-19-14(16)12-8-7-9-13(11-12)15(17)18/h7-9,11,17H,2-6,10H2,1H3/q-1. The van der Waals surface area contributed by atoms with Gasteiger partial charge in [-0.05, 0) is 24.6 Å². The second-order valence-corrected chi connectivity index (χ2v) is 4.37. The van der Waals surface area contributed by atoms with Crippen molar-refractivity contribution in [1.29, 1.82) is 0 Å². The van der Waals surface area contributed by atoms with Crippen LogP contribution in [0.3, 0.4) is 0 Å². The van der Waals surface area contributed by atoms with E-state index < -0.39 is 5.97 Å². The Bertz CT molecular complexity index is 393. The maximum atomic E-state index is 11.7. The number of carbonyl (C=O) groups excluding carboxylic acids is 1. The number of hydrogen-bond donors (Lipinski definition) is 1. The minimum Gasteiger partial charge on any atom is -0.733 e. The van der Waals surface area contributed by atoms with Crippen LogP contribution in [0.15, 0.2) is 24.3 Å². The van der Waals surface area contributed by atoms with Gasteiger partial charge in [0.05, 0.1) is 17.9 Å². The molecule has 0 spiro atoms. The lowest BCUT2D eigenvalue weighted by molar-refractivity contribution is 0.0497. The van der Waals surface area contributed by atoms with Crippen LogP contribution in [0.25, 0.3) is 0 Å². The van der Waals surface area contributed by atoms with Gasteiger partial charge in [-0.25, -0.2) is 4.79 Å². The fourth-order valence-electron chi connectivity index (χ4n) is 1.71. The molecular weight excluding hydrogens is 246 g/mol. The van der Waals surface area contributed by atoms with E-state index in [0.717, 1.165) is 19.3 Å². The molecule has 0 radical (unpaired) electrons. The van der Waals surface area contributed by atoms with Gasteiger partial charge in [0, 0.05) is 0 Å². The van der Waals surface area contributed by atoms with Gasteiger partial charge in [0.15, 0.2) is 0 Å². The van der Waals surface area contributed by atoms with Crippen LogP contribution >= 0.6 is 0 Å². The molecule has 0 saturated heterocycles. The summed E-state index contributed by atoms with van der Waals surface area (Å²) in [5.74, 6) is -0.473. The third-order valence-corrected chi connectivity index (χ3v) is 2.78. The van der Waals surface area contributed by atoms with Gasteiger partial charge in [0.1, 0.15) is 0 Å². The lowest BCUT2D eigenvalue weighted by atomic mass is 10.2. The monoisotopic (exact) mass is 266 g/mol. The third-order valence-electron chi connectivity index (χ3n) is 2.78. The molecule has 19 heavy (non-hydrogen) atoms. The Hall–Kier alpha value is -1.59. The molecule has 0 bridgehead atoms. The maximum Gasteiger partial charge on any atom is 0.338 e. The summed E-state index contributed by atoms with van der Waals surface area (Å²) in [4.78, 5) is 11.7. The second kappa shape index (κ2) is 8.50. The van der Waals surface area contributed by atoms with Crippen LogP contribution in [0.5, 0.6) is 0 Å². The highest BCUT2D eigenvalue weighted by molar-refractivity contribution is 5.90. The fraction of sp³-hybridized carbons (Fsp3) is 0.500. The van der Waals surface area contributed by atoms with E-state index in [1.165, 1.54) is 31.0 Å². The Labute approximate surface area is 113 Å². The molecule has 0 aliphatic carbocycles. The quantitative estimate of drug-likeness (QED) is 0.443. The third kappa shape index (κ3) is 5.72. The fourth-order valence-corrected chi connectivity index (χ4v) is 1.71. The molecular formula is C14H20NO4-. The highest BCUT2D eigenvalue weighted by Crippen LogP contribution is 2.14. The molecule has 0 aliphatic rings. The number of carbonyl (C=O) groups is 1. The van der Waals surface area contributed by atoms with Crippen LogP contribution in [-0.4, -0.2) is 17.8 Å². The van der Waals surface area contributed by atoms with Crippen LogP contribution in [0.4, 0.5) is 5.69 Å². The lowest BCUT2D eigenvalue weighted by Crippen LogP contribution is -2.10. The molecule has 0 unspecified atom stereocenters. The molecule has 1 aromatic carbocycles. The molecule has 0 saturated carbocycles. The van der Waals surface area contributed by atoms with Gasteiger partial charge in [-0.1, -0.05) is 38.7 Å². The van der Waals surface area contributed by atoms with Crippen molar-refractivity contribution in [1.82, 2.24) is 0 Å². The van der Waals surface area contributed by atoms with Gasteiger partial charge < -0.3 is 15.2 Å². The van der Waals surface area contributed by atoms with Crippen molar-refractivity contribution in [2.45, 2.75) is 39.0 Å².